The van der Waals surface area contributed by atoms with E-state index in [1.165, 1.54) is 11.1 Å². The third kappa shape index (κ3) is 4.90. The third-order valence-corrected chi connectivity index (χ3v) is 7.16. The molecule has 1 aromatic heterocycles. The third-order valence-electron chi connectivity index (χ3n) is 7.16. The number of likely N-dealkylation sites (tertiary alicyclic amines) is 1. The van der Waals surface area contributed by atoms with Gasteiger partial charge in [-0.25, -0.2) is 0 Å². The highest BCUT2D eigenvalue weighted by Crippen LogP contribution is 2.38. The van der Waals surface area contributed by atoms with Crippen molar-refractivity contribution in [3.8, 4) is 5.75 Å². The minimum Gasteiger partial charge on any atom is -0.486 e. The van der Waals surface area contributed by atoms with Gasteiger partial charge in [0.1, 0.15) is 18.1 Å². The molecule has 2 amide bonds. The smallest absolute Gasteiger partial charge is 0.289 e. The maximum absolute atomic E-state index is 13.2. The van der Waals surface area contributed by atoms with E-state index in [9.17, 15) is 9.59 Å². The lowest BCUT2D eigenvalue weighted by Gasteiger charge is -2.39. The molecule has 3 heterocycles. The highest BCUT2D eigenvalue weighted by molar-refractivity contribution is 5.91. The summed E-state index contributed by atoms with van der Waals surface area (Å²) in [5.41, 5.74) is 4.62. The molecule has 1 saturated heterocycles. The standard InChI is InChI=1S/C30H34N2O4/c1-20(2)29(33)32-17-14-22-10-11-24(18-26(22)28(32)23-8-6-21(3)7-9-23)35-19-25-12-13-27(36-25)30(34)31-15-4-5-16-31/h6-13,18,20,28H,4-5,14-17,19H2,1-3H3. The normalized spacial score (nSPS) is 17.4. The fraction of sp³-hybridized carbons (Fsp3) is 0.400. The molecule has 1 unspecified atom stereocenters. The highest BCUT2D eigenvalue weighted by Gasteiger charge is 2.33. The molecule has 5 rings (SSSR count). The molecule has 0 radical (unpaired) electrons. The molecular formula is C30H34N2O4. The number of carbonyl (C=O) groups excluding carboxylic acids is 2. The van der Waals surface area contributed by atoms with E-state index in [1.807, 2.05) is 29.7 Å². The molecular weight excluding hydrogens is 452 g/mol. The summed E-state index contributed by atoms with van der Waals surface area (Å²) in [7, 11) is 0. The molecule has 36 heavy (non-hydrogen) atoms. The van der Waals surface area contributed by atoms with Gasteiger partial charge in [0.15, 0.2) is 5.76 Å². The van der Waals surface area contributed by atoms with Gasteiger partial charge in [-0.1, -0.05) is 49.7 Å². The molecule has 6 nitrogen and oxygen atoms in total. The van der Waals surface area contributed by atoms with Crippen molar-refractivity contribution in [1.29, 1.82) is 0 Å². The maximum atomic E-state index is 13.2. The Morgan fingerprint density at radius 2 is 1.75 bits per heavy atom. The first-order valence-electron chi connectivity index (χ1n) is 12.9. The van der Waals surface area contributed by atoms with Crippen LogP contribution in [0, 0.1) is 12.8 Å². The number of benzene rings is 2. The molecule has 1 fully saturated rings. The van der Waals surface area contributed by atoms with Crippen molar-refractivity contribution >= 4 is 11.8 Å². The van der Waals surface area contributed by atoms with Gasteiger partial charge in [0.2, 0.25) is 5.91 Å². The van der Waals surface area contributed by atoms with Crippen molar-refractivity contribution in [1.82, 2.24) is 9.80 Å². The molecule has 0 bridgehead atoms. The summed E-state index contributed by atoms with van der Waals surface area (Å²) in [6.45, 7) is 8.49. The first-order chi connectivity index (χ1) is 17.4. The Bertz CT molecular complexity index is 1240. The molecule has 0 N–H and O–H groups in total. The van der Waals surface area contributed by atoms with Gasteiger partial charge in [0.25, 0.3) is 5.91 Å². The van der Waals surface area contributed by atoms with Crippen molar-refractivity contribution in [3.05, 3.63) is 88.4 Å². The number of hydrogen-bond acceptors (Lipinski definition) is 4. The van der Waals surface area contributed by atoms with Gasteiger partial charge in [-0.2, -0.15) is 0 Å². The van der Waals surface area contributed by atoms with E-state index in [2.05, 4.69) is 43.3 Å². The second-order valence-electron chi connectivity index (χ2n) is 10.2. The topological polar surface area (TPSA) is 63.0 Å². The number of furan rings is 1. The lowest BCUT2D eigenvalue weighted by atomic mass is 9.87. The number of carbonyl (C=O) groups is 2. The lowest BCUT2D eigenvalue weighted by molar-refractivity contribution is -0.136. The summed E-state index contributed by atoms with van der Waals surface area (Å²) in [5, 5.41) is 0. The van der Waals surface area contributed by atoms with Gasteiger partial charge in [-0.3, -0.25) is 9.59 Å². The van der Waals surface area contributed by atoms with Crippen LogP contribution >= 0.6 is 0 Å². The minimum atomic E-state index is -0.152. The fourth-order valence-corrected chi connectivity index (χ4v) is 5.16. The minimum absolute atomic E-state index is 0.0524. The van der Waals surface area contributed by atoms with Crippen LogP contribution in [0.1, 0.15) is 71.3 Å². The van der Waals surface area contributed by atoms with Gasteiger partial charge in [-0.05, 0) is 67.1 Å². The van der Waals surface area contributed by atoms with Gasteiger partial charge in [0, 0.05) is 25.6 Å². The zero-order valence-corrected chi connectivity index (χ0v) is 21.3. The number of ether oxygens (including phenoxy) is 1. The Labute approximate surface area is 212 Å². The van der Waals surface area contributed by atoms with Crippen LogP contribution in [0.15, 0.2) is 59.0 Å². The summed E-state index contributed by atoms with van der Waals surface area (Å²) in [5.74, 6) is 1.72. The molecule has 0 aliphatic carbocycles. The van der Waals surface area contributed by atoms with Crippen molar-refractivity contribution in [3.63, 3.8) is 0 Å². The zero-order chi connectivity index (χ0) is 25.2. The summed E-state index contributed by atoms with van der Waals surface area (Å²) >= 11 is 0. The van der Waals surface area contributed by atoms with Crippen molar-refractivity contribution in [2.75, 3.05) is 19.6 Å². The zero-order valence-electron chi connectivity index (χ0n) is 21.3. The molecule has 3 aromatic rings. The summed E-state index contributed by atoms with van der Waals surface area (Å²) in [6, 6.07) is 17.9. The number of aryl methyl sites for hydroxylation is 1. The van der Waals surface area contributed by atoms with Gasteiger partial charge in [0.05, 0.1) is 6.04 Å². The molecule has 2 aliphatic rings. The first kappa shape index (κ1) is 24.2. The average molecular weight is 487 g/mol. The van der Waals surface area contributed by atoms with Crippen LogP contribution in [0.4, 0.5) is 0 Å². The Kier molecular flexibility index (Phi) is 6.86. The molecule has 0 spiro atoms. The maximum Gasteiger partial charge on any atom is 0.289 e. The van der Waals surface area contributed by atoms with E-state index < -0.39 is 0 Å². The lowest BCUT2D eigenvalue weighted by Crippen LogP contribution is -2.42. The van der Waals surface area contributed by atoms with E-state index in [0.29, 0.717) is 23.8 Å². The van der Waals surface area contributed by atoms with E-state index in [1.54, 1.807) is 12.1 Å². The van der Waals surface area contributed by atoms with E-state index >= 15 is 0 Å². The SMILES string of the molecule is Cc1ccc(C2c3cc(OCc4ccc(C(=O)N5CCCC5)o4)ccc3CCN2C(=O)C(C)C)cc1. The summed E-state index contributed by atoms with van der Waals surface area (Å²) in [4.78, 5) is 29.6. The van der Waals surface area contributed by atoms with Crippen LogP contribution in [0.2, 0.25) is 0 Å². The molecule has 0 saturated carbocycles. The second kappa shape index (κ2) is 10.2. The molecule has 1 atom stereocenters. The number of hydrogen-bond donors (Lipinski definition) is 0. The summed E-state index contributed by atoms with van der Waals surface area (Å²) in [6.07, 6.45) is 2.91. The number of rotatable bonds is 6. The monoisotopic (exact) mass is 486 g/mol. The fourth-order valence-electron chi connectivity index (χ4n) is 5.16. The van der Waals surface area contributed by atoms with Crippen molar-refractivity contribution in [2.24, 2.45) is 5.92 Å². The predicted octanol–water partition coefficient (Wildman–Crippen LogP) is 5.53. The van der Waals surface area contributed by atoms with Crippen LogP contribution < -0.4 is 4.74 Å². The molecule has 2 aliphatic heterocycles. The Hall–Kier alpha value is -3.54. The first-order valence-corrected chi connectivity index (χ1v) is 12.9. The van der Waals surface area contributed by atoms with Crippen LogP contribution in [-0.2, 0) is 17.8 Å². The Morgan fingerprint density at radius 3 is 2.47 bits per heavy atom. The molecule has 188 valence electrons. The van der Waals surface area contributed by atoms with Crippen LogP contribution in [-0.4, -0.2) is 41.2 Å². The van der Waals surface area contributed by atoms with Gasteiger partial charge >= 0.3 is 0 Å². The predicted molar refractivity (Wildman–Crippen MR) is 138 cm³/mol. The molecule has 2 aromatic carbocycles. The Balaban J connectivity index is 1.37. The van der Waals surface area contributed by atoms with Crippen LogP contribution in [0.5, 0.6) is 5.75 Å². The van der Waals surface area contributed by atoms with E-state index in [-0.39, 0.29) is 30.4 Å². The number of fused-ring (bicyclic) bond motifs is 1. The van der Waals surface area contributed by atoms with E-state index in [0.717, 1.165) is 43.5 Å². The van der Waals surface area contributed by atoms with Crippen LogP contribution in [0.25, 0.3) is 0 Å². The second-order valence-corrected chi connectivity index (χ2v) is 10.2. The molecule has 6 heteroatoms. The highest BCUT2D eigenvalue weighted by atomic mass is 16.5. The van der Waals surface area contributed by atoms with Gasteiger partial charge in [-0.15, -0.1) is 0 Å². The van der Waals surface area contributed by atoms with Crippen molar-refractivity contribution in [2.45, 2.75) is 52.7 Å². The van der Waals surface area contributed by atoms with Gasteiger partial charge < -0.3 is 19.0 Å². The Morgan fingerprint density at radius 1 is 1.00 bits per heavy atom. The van der Waals surface area contributed by atoms with Crippen molar-refractivity contribution < 1.29 is 18.7 Å². The average Bonchev–Trinajstić information content (AvgIpc) is 3.59. The largest absolute Gasteiger partial charge is 0.486 e. The number of amides is 2. The number of nitrogens with zero attached hydrogens (tertiary/aromatic N) is 2. The quantitative estimate of drug-likeness (QED) is 0.459. The van der Waals surface area contributed by atoms with E-state index in [4.69, 9.17) is 9.15 Å². The van der Waals surface area contributed by atoms with Crippen LogP contribution in [0.3, 0.4) is 0 Å². The summed E-state index contributed by atoms with van der Waals surface area (Å²) < 4.78 is 11.9.